The van der Waals surface area contributed by atoms with Crippen LogP contribution in [-0.4, -0.2) is 34.9 Å². The summed E-state index contributed by atoms with van der Waals surface area (Å²) in [5.74, 6) is 0.596. The molecule has 0 aliphatic heterocycles. The summed E-state index contributed by atoms with van der Waals surface area (Å²) < 4.78 is 5.77. The fourth-order valence-corrected chi connectivity index (χ4v) is 3.46. The summed E-state index contributed by atoms with van der Waals surface area (Å²) in [5, 5.41) is 0. The van der Waals surface area contributed by atoms with Crippen LogP contribution in [0.3, 0.4) is 0 Å². The maximum absolute atomic E-state index is 12.7. The minimum absolute atomic E-state index is 0. The molecule has 1 aromatic heterocycles. The zero-order valence-electron chi connectivity index (χ0n) is 14.9. The average Bonchev–Trinajstić information content (AvgIpc) is 3.26. The molecule has 0 spiro atoms. The van der Waals surface area contributed by atoms with Crippen LogP contribution < -0.4 is 11.9 Å². The number of oxazole rings is 1. The van der Waals surface area contributed by atoms with E-state index in [0.717, 1.165) is 35.9 Å². The quantitative estimate of drug-likeness (QED) is 0.748. The van der Waals surface area contributed by atoms with E-state index in [1.165, 1.54) is 0 Å². The first-order chi connectivity index (χ1) is 12.1. The number of nitrogens with zero attached hydrogens (tertiary/aromatic N) is 2. The van der Waals surface area contributed by atoms with Gasteiger partial charge in [-0.15, -0.1) is 0 Å². The first-order valence-electron chi connectivity index (χ1n) is 8.60. The molecule has 4 rings (SSSR count). The molecule has 1 aliphatic carbocycles. The van der Waals surface area contributed by atoms with Crippen LogP contribution in [0, 0.1) is 0 Å². The Kier molecular flexibility index (Phi) is 5.06. The van der Waals surface area contributed by atoms with Crippen LogP contribution in [0.2, 0.25) is 0 Å². The molecule has 6 heteroatoms. The Morgan fingerprint density at radius 1 is 1.15 bits per heavy atom. The third-order valence-electron chi connectivity index (χ3n) is 4.99. The molecule has 26 heavy (non-hydrogen) atoms. The largest absolute Gasteiger partial charge is 0.436 e. The second kappa shape index (κ2) is 7.27. The van der Waals surface area contributed by atoms with Gasteiger partial charge in [-0.3, -0.25) is 4.79 Å². The van der Waals surface area contributed by atoms with E-state index in [-0.39, 0.29) is 24.1 Å². The molecule has 1 aliphatic rings. The van der Waals surface area contributed by atoms with E-state index in [9.17, 15) is 4.79 Å². The molecule has 1 amide bonds. The molecular weight excluding hydrogens is 328 g/mol. The van der Waals surface area contributed by atoms with Gasteiger partial charge in [-0.25, -0.2) is 4.98 Å². The molecule has 136 valence electrons. The van der Waals surface area contributed by atoms with Crippen LogP contribution in [0.25, 0.3) is 22.6 Å². The molecule has 0 radical (unpaired) electrons. The monoisotopic (exact) mass is 352 g/mol. The van der Waals surface area contributed by atoms with Gasteiger partial charge in [0.1, 0.15) is 5.52 Å². The standard InChI is InChI=1S/C20H21N3O2.H3N/c1-23(16-11-10-15(21)12-16)20(24)14-8-6-13(7-9-14)19-22-17-4-2-3-5-18(17)25-19;/h2-9,15-16H,10-12,21H2,1H3;1H3/t15-,16+;/m0./s1. The Bertz CT molecular complexity index is 871. The summed E-state index contributed by atoms with van der Waals surface area (Å²) in [5.41, 5.74) is 9.08. The Labute approximate surface area is 152 Å². The van der Waals surface area contributed by atoms with Crippen molar-refractivity contribution in [2.24, 2.45) is 5.73 Å². The van der Waals surface area contributed by atoms with E-state index < -0.39 is 0 Å². The van der Waals surface area contributed by atoms with Crippen molar-refractivity contribution in [1.29, 1.82) is 0 Å². The fraction of sp³-hybridized carbons (Fsp3) is 0.300. The summed E-state index contributed by atoms with van der Waals surface area (Å²) >= 11 is 0. The minimum atomic E-state index is 0. The Morgan fingerprint density at radius 3 is 2.54 bits per heavy atom. The molecule has 3 aromatic rings. The van der Waals surface area contributed by atoms with E-state index in [1.54, 1.807) is 0 Å². The molecule has 1 saturated carbocycles. The number of hydrogen-bond acceptors (Lipinski definition) is 5. The van der Waals surface area contributed by atoms with Gasteiger partial charge < -0.3 is 21.2 Å². The lowest BCUT2D eigenvalue weighted by atomic mass is 10.1. The summed E-state index contributed by atoms with van der Waals surface area (Å²) in [6.07, 6.45) is 2.84. The normalized spacial score (nSPS) is 19.3. The molecule has 1 fully saturated rings. The van der Waals surface area contributed by atoms with E-state index in [0.29, 0.717) is 11.5 Å². The lowest BCUT2D eigenvalue weighted by molar-refractivity contribution is 0.0734. The predicted molar refractivity (Wildman–Crippen MR) is 102 cm³/mol. The maximum atomic E-state index is 12.7. The molecule has 0 unspecified atom stereocenters. The molecule has 6 nitrogen and oxygen atoms in total. The zero-order valence-corrected chi connectivity index (χ0v) is 14.9. The van der Waals surface area contributed by atoms with Crippen molar-refractivity contribution in [3.8, 4) is 11.5 Å². The molecule has 2 atom stereocenters. The number of nitrogens with two attached hydrogens (primary N) is 1. The van der Waals surface area contributed by atoms with Gasteiger partial charge in [0, 0.05) is 30.3 Å². The topological polar surface area (TPSA) is 107 Å². The molecule has 0 saturated heterocycles. The lowest BCUT2D eigenvalue weighted by Gasteiger charge is -2.24. The summed E-state index contributed by atoms with van der Waals surface area (Å²) in [6, 6.07) is 15.5. The van der Waals surface area contributed by atoms with Gasteiger partial charge in [0.05, 0.1) is 0 Å². The Morgan fingerprint density at radius 2 is 1.88 bits per heavy atom. The number of fused-ring (bicyclic) bond motifs is 1. The number of hydrogen-bond donors (Lipinski definition) is 2. The van der Waals surface area contributed by atoms with Crippen LogP contribution in [0.15, 0.2) is 52.9 Å². The van der Waals surface area contributed by atoms with Crippen molar-refractivity contribution in [3.05, 3.63) is 54.1 Å². The van der Waals surface area contributed by atoms with Gasteiger partial charge >= 0.3 is 0 Å². The number of rotatable bonds is 3. The predicted octanol–water partition coefficient (Wildman–Crippen LogP) is 3.61. The summed E-state index contributed by atoms with van der Waals surface area (Å²) in [7, 11) is 1.86. The van der Waals surface area contributed by atoms with Crippen LogP contribution >= 0.6 is 0 Å². The smallest absolute Gasteiger partial charge is 0.253 e. The van der Waals surface area contributed by atoms with Gasteiger partial charge in [0.2, 0.25) is 5.89 Å². The third-order valence-corrected chi connectivity index (χ3v) is 4.99. The molecule has 5 N–H and O–H groups in total. The third kappa shape index (κ3) is 3.34. The van der Waals surface area contributed by atoms with Gasteiger partial charge in [-0.05, 0) is 55.7 Å². The van der Waals surface area contributed by atoms with E-state index in [1.807, 2.05) is 60.5 Å². The number of benzene rings is 2. The van der Waals surface area contributed by atoms with Crippen molar-refractivity contribution < 1.29 is 9.21 Å². The van der Waals surface area contributed by atoms with Gasteiger partial charge in [0.15, 0.2) is 5.58 Å². The van der Waals surface area contributed by atoms with Gasteiger partial charge in [0.25, 0.3) is 5.91 Å². The van der Waals surface area contributed by atoms with Crippen molar-refractivity contribution in [3.63, 3.8) is 0 Å². The summed E-state index contributed by atoms with van der Waals surface area (Å²) in [6.45, 7) is 0. The van der Waals surface area contributed by atoms with Crippen molar-refractivity contribution in [2.75, 3.05) is 7.05 Å². The van der Waals surface area contributed by atoms with Crippen LogP contribution in [0.5, 0.6) is 0 Å². The molecule has 1 heterocycles. The van der Waals surface area contributed by atoms with Crippen LogP contribution in [-0.2, 0) is 0 Å². The molecule has 0 bridgehead atoms. The zero-order chi connectivity index (χ0) is 17.4. The molecular formula is C20H24N4O2. The van der Waals surface area contributed by atoms with E-state index >= 15 is 0 Å². The first-order valence-corrected chi connectivity index (χ1v) is 8.60. The second-order valence-corrected chi connectivity index (χ2v) is 6.71. The van der Waals surface area contributed by atoms with Crippen LogP contribution in [0.4, 0.5) is 0 Å². The van der Waals surface area contributed by atoms with E-state index in [4.69, 9.17) is 10.2 Å². The Hall–Kier alpha value is -2.70. The van der Waals surface area contributed by atoms with Crippen molar-refractivity contribution in [1.82, 2.24) is 16.0 Å². The van der Waals surface area contributed by atoms with Crippen molar-refractivity contribution in [2.45, 2.75) is 31.3 Å². The number of amides is 1. The van der Waals surface area contributed by atoms with Gasteiger partial charge in [-0.2, -0.15) is 0 Å². The lowest BCUT2D eigenvalue weighted by Crippen LogP contribution is -2.36. The number of carbonyl (C=O) groups is 1. The highest BCUT2D eigenvalue weighted by atomic mass is 16.3. The highest BCUT2D eigenvalue weighted by Crippen LogP contribution is 2.26. The number of para-hydroxylation sites is 2. The van der Waals surface area contributed by atoms with Gasteiger partial charge in [-0.1, -0.05) is 12.1 Å². The Balaban J connectivity index is 0.00000196. The molecule has 2 aromatic carbocycles. The van der Waals surface area contributed by atoms with E-state index in [2.05, 4.69) is 4.98 Å². The fourth-order valence-electron chi connectivity index (χ4n) is 3.46. The summed E-state index contributed by atoms with van der Waals surface area (Å²) in [4.78, 5) is 19.0. The highest BCUT2D eigenvalue weighted by molar-refractivity contribution is 5.94. The average molecular weight is 352 g/mol. The minimum Gasteiger partial charge on any atom is -0.436 e. The number of aromatic nitrogens is 1. The number of carbonyl (C=O) groups excluding carboxylic acids is 1. The first kappa shape index (κ1) is 18.1. The van der Waals surface area contributed by atoms with Crippen LogP contribution in [0.1, 0.15) is 29.6 Å². The highest BCUT2D eigenvalue weighted by Gasteiger charge is 2.28. The second-order valence-electron chi connectivity index (χ2n) is 6.71. The SMILES string of the molecule is CN(C(=O)c1ccc(-c2nc3ccccc3o2)cc1)[C@@H]1CC[C@H](N)C1.N. The van der Waals surface area contributed by atoms with Crippen molar-refractivity contribution >= 4 is 17.0 Å². The maximum Gasteiger partial charge on any atom is 0.253 e.